The summed E-state index contributed by atoms with van der Waals surface area (Å²) in [5, 5.41) is 0. The number of hydrogen-bond donors (Lipinski definition) is 1. The molecule has 2 fully saturated rings. The van der Waals surface area contributed by atoms with Gasteiger partial charge in [-0.2, -0.15) is 0 Å². The largest absolute Gasteiger partial charge is 0.462 e. The highest BCUT2D eigenvalue weighted by atomic mass is 16.5. The molecule has 0 aromatic heterocycles. The summed E-state index contributed by atoms with van der Waals surface area (Å²) in [6.07, 6.45) is 8.47. The van der Waals surface area contributed by atoms with Gasteiger partial charge >= 0.3 is 5.97 Å². The van der Waals surface area contributed by atoms with Gasteiger partial charge in [-0.3, -0.25) is 4.79 Å². The Morgan fingerprint density at radius 1 is 1.26 bits per heavy atom. The molecule has 1 aliphatic carbocycles. The van der Waals surface area contributed by atoms with Crippen molar-refractivity contribution in [1.29, 1.82) is 0 Å². The third-order valence-corrected chi connectivity index (χ3v) is 4.83. The van der Waals surface area contributed by atoms with E-state index in [2.05, 4.69) is 11.9 Å². The average Bonchev–Trinajstić information content (AvgIpc) is 2.42. The van der Waals surface area contributed by atoms with Crippen LogP contribution in [0.5, 0.6) is 0 Å². The fourth-order valence-electron chi connectivity index (χ4n) is 3.39. The van der Waals surface area contributed by atoms with Gasteiger partial charge in [-0.15, -0.1) is 0 Å². The summed E-state index contributed by atoms with van der Waals surface area (Å²) in [5.41, 5.74) is 5.95. The van der Waals surface area contributed by atoms with Crippen LogP contribution in [0, 0.1) is 5.41 Å². The summed E-state index contributed by atoms with van der Waals surface area (Å²) in [4.78, 5) is 14.4. The first-order valence-electron chi connectivity index (χ1n) is 7.72. The van der Waals surface area contributed by atoms with Crippen molar-refractivity contribution in [3.05, 3.63) is 0 Å². The molecular weight excluding hydrogens is 240 g/mol. The Morgan fingerprint density at radius 3 is 2.47 bits per heavy atom. The van der Waals surface area contributed by atoms with Crippen molar-refractivity contribution < 1.29 is 9.53 Å². The van der Waals surface area contributed by atoms with Crippen LogP contribution in [0.25, 0.3) is 0 Å². The van der Waals surface area contributed by atoms with Crippen molar-refractivity contribution >= 4 is 5.97 Å². The van der Waals surface area contributed by atoms with Gasteiger partial charge in [-0.05, 0) is 44.7 Å². The van der Waals surface area contributed by atoms with Gasteiger partial charge in [0.05, 0.1) is 6.42 Å². The van der Waals surface area contributed by atoms with Gasteiger partial charge in [0.1, 0.15) is 6.10 Å². The quantitative estimate of drug-likeness (QED) is 0.792. The standard InChI is InChI=1S/C15H28N2O2/c1-17-9-5-13(6-10-17)19-14(18)11-15(12-16)7-3-2-4-8-15/h13H,2-12,16H2,1H3. The number of carbonyl (C=O) groups is 1. The second kappa shape index (κ2) is 6.71. The number of ether oxygens (including phenoxy) is 1. The maximum atomic E-state index is 12.1. The van der Waals surface area contributed by atoms with Crippen LogP contribution in [0.3, 0.4) is 0 Å². The van der Waals surface area contributed by atoms with Gasteiger partial charge < -0.3 is 15.4 Å². The number of carbonyl (C=O) groups excluding carboxylic acids is 1. The molecule has 4 nitrogen and oxygen atoms in total. The van der Waals surface area contributed by atoms with Crippen molar-refractivity contribution in [2.45, 2.75) is 57.5 Å². The number of likely N-dealkylation sites (tertiary alicyclic amines) is 1. The molecule has 2 N–H and O–H groups in total. The highest BCUT2D eigenvalue weighted by Gasteiger charge is 2.34. The van der Waals surface area contributed by atoms with Crippen molar-refractivity contribution in [1.82, 2.24) is 4.90 Å². The molecule has 1 aliphatic heterocycles. The first-order chi connectivity index (χ1) is 9.13. The molecule has 2 rings (SSSR count). The first-order valence-corrected chi connectivity index (χ1v) is 7.72. The van der Waals surface area contributed by atoms with E-state index in [9.17, 15) is 4.79 Å². The van der Waals surface area contributed by atoms with Gasteiger partial charge in [-0.25, -0.2) is 0 Å². The zero-order chi connectivity index (χ0) is 13.7. The van der Waals surface area contributed by atoms with Gasteiger partial charge in [0.15, 0.2) is 0 Å². The molecule has 0 aromatic rings. The highest BCUT2D eigenvalue weighted by Crippen LogP contribution is 2.38. The van der Waals surface area contributed by atoms with E-state index in [1.165, 1.54) is 19.3 Å². The SMILES string of the molecule is CN1CCC(OC(=O)CC2(CN)CCCCC2)CC1. The van der Waals surface area contributed by atoms with E-state index < -0.39 is 0 Å². The molecular formula is C15H28N2O2. The molecule has 0 amide bonds. The van der Waals surface area contributed by atoms with Crippen molar-refractivity contribution in [3.8, 4) is 0 Å². The van der Waals surface area contributed by atoms with Crippen molar-refractivity contribution in [2.75, 3.05) is 26.7 Å². The fraction of sp³-hybridized carbons (Fsp3) is 0.933. The Morgan fingerprint density at radius 2 is 1.89 bits per heavy atom. The monoisotopic (exact) mass is 268 g/mol. The Balaban J connectivity index is 1.79. The molecule has 1 saturated heterocycles. The zero-order valence-electron chi connectivity index (χ0n) is 12.2. The van der Waals surface area contributed by atoms with Crippen LogP contribution in [-0.4, -0.2) is 43.7 Å². The lowest BCUT2D eigenvalue weighted by atomic mass is 9.72. The minimum atomic E-state index is -0.0260. The molecule has 1 saturated carbocycles. The Bertz CT molecular complexity index is 293. The predicted molar refractivity (Wildman–Crippen MR) is 75.8 cm³/mol. The van der Waals surface area contributed by atoms with Crippen LogP contribution >= 0.6 is 0 Å². The molecule has 110 valence electrons. The van der Waals surface area contributed by atoms with Gasteiger partial charge in [-0.1, -0.05) is 19.3 Å². The molecule has 19 heavy (non-hydrogen) atoms. The van der Waals surface area contributed by atoms with E-state index in [0.29, 0.717) is 13.0 Å². The fourth-order valence-corrected chi connectivity index (χ4v) is 3.39. The summed E-state index contributed by atoms with van der Waals surface area (Å²) in [6, 6.07) is 0. The molecule has 0 unspecified atom stereocenters. The third-order valence-electron chi connectivity index (χ3n) is 4.83. The topological polar surface area (TPSA) is 55.6 Å². The Hall–Kier alpha value is -0.610. The van der Waals surface area contributed by atoms with Crippen LogP contribution in [0.1, 0.15) is 51.4 Å². The smallest absolute Gasteiger partial charge is 0.306 e. The maximum absolute atomic E-state index is 12.1. The number of esters is 1. The molecule has 0 aromatic carbocycles. The summed E-state index contributed by atoms with van der Waals surface area (Å²) >= 11 is 0. The van der Waals surface area contributed by atoms with E-state index in [-0.39, 0.29) is 17.5 Å². The number of piperidine rings is 1. The minimum absolute atomic E-state index is 0.0260. The van der Waals surface area contributed by atoms with Crippen molar-refractivity contribution in [3.63, 3.8) is 0 Å². The number of rotatable bonds is 4. The number of nitrogens with two attached hydrogens (primary N) is 1. The van der Waals surface area contributed by atoms with E-state index in [1.807, 2.05) is 0 Å². The van der Waals surface area contributed by atoms with E-state index in [1.54, 1.807) is 0 Å². The van der Waals surface area contributed by atoms with Crippen LogP contribution in [0.2, 0.25) is 0 Å². The average molecular weight is 268 g/mol. The van der Waals surface area contributed by atoms with E-state index >= 15 is 0 Å². The summed E-state index contributed by atoms with van der Waals surface area (Å²) in [6.45, 7) is 2.68. The first kappa shape index (κ1) is 14.8. The summed E-state index contributed by atoms with van der Waals surface area (Å²) in [7, 11) is 2.11. The Labute approximate surface area is 116 Å². The van der Waals surface area contributed by atoms with Gasteiger partial charge in [0.25, 0.3) is 0 Å². The second-order valence-corrected chi connectivity index (χ2v) is 6.43. The van der Waals surface area contributed by atoms with E-state index in [4.69, 9.17) is 10.5 Å². The molecule has 0 radical (unpaired) electrons. The van der Waals surface area contributed by atoms with Crippen LogP contribution in [0.15, 0.2) is 0 Å². The van der Waals surface area contributed by atoms with Gasteiger partial charge in [0.2, 0.25) is 0 Å². The molecule has 0 bridgehead atoms. The van der Waals surface area contributed by atoms with Crippen LogP contribution < -0.4 is 5.73 Å². The molecule has 2 aliphatic rings. The predicted octanol–water partition coefficient (Wildman–Crippen LogP) is 1.92. The van der Waals surface area contributed by atoms with Crippen LogP contribution in [-0.2, 0) is 9.53 Å². The lowest BCUT2D eigenvalue weighted by molar-refractivity contribution is -0.154. The third kappa shape index (κ3) is 4.18. The maximum Gasteiger partial charge on any atom is 0.306 e. The number of hydrogen-bond acceptors (Lipinski definition) is 4. The van der Waals surface area contributed by atoms with Gasteiger partial charge in [0, 0.05) is 13.1 Å². The normalized spacial score (nSPS) is 25.2. The molecule has 4 heteroatoms. The second-order valence-electron chi connectivity index (χ2n) is 6.43. The zero-order valence-corrected chi connectivity index (χ0v) is 12.2. The summed E-state index contributed by atoms with van der Waals surface area (Å²) < 4.78 is 5.65. The number of nitrogens with zero attached hydrogens (tertiary/aromatic N) is 1. The lowest BCUT2D eigenvalue weighted by Crippen LogP contribution is -2.38. The summed E-state index contributed by atoms with van der Waals surface area (Å²) in [5.74, 6) is -0.0260. The molecule has 0 spiro atoms. The lowest BCUT2D eigenvalue weighted by Gasteiger charge is -2.36. The molecule has 1 heterocycles. The Kier molecular flexibility index (Phi) is 5.22. The minimum Gasteiger partial charge on any atom is -0.462 e. The molecule has 0 atom stereocenters. The van der Waals surface area contributed by atoms with Crippen molar-refractivity contribution in [2.24, 2.45) is 11.1 Å². The highest BCUT2D eigenvalue weighted by molar-refractivity contribution is 5.70. The van der Waals surface area contributed by atoms with E-state index in [0.717, 1.165) is 38.8 Å². The van der Waals surface area contributed by atoms with Crippen LogP contribution in [0.4, 0.5) is 0 Å².